The molecule has 0 aromatic rings. The van der Waals surface area contributed by atoms with E-state index in [-0.39, 0.29) is 28.6 Å². The first kappa shape index (κ1) is 26.4. The first-order chi connectivity index (χ1) is 15.5. The summed E-state index contributed by atoms with van der Waals surface area (Å²) < 4.78 is 6.49. The number of allylic oxidation sites excluding steroid dienone is 2. The molecular weight excluding hydrogens is 424 g/mol. The van der Waals surface area contributed by atoms with Crippen molar-refractivity contribution in [3.8, 4) is 0 Å². The molecule has 4 fully saturated rings. The first-order valence-electron chi connectivity index (χ1n) is 13.9. The van der Waals surface area contributed by atoms with Crippen LogP contribution in [0.15, 0.2) is 11.6 Å². The van der Waals surface area contributed by atoms with Crippen molar-refractivity contribution in [1.29, 1.82) is 0 Å². The summed E-state index contributed by atoms with van der Waals surface area (Å²) in [5, 5.41) is 22.7. The maximum absolute atomic E-state index is 12.8. The predicted molar refractivity (Wildman–Crippen MR) is 136 cm³/mol. The molecule has 0 spiro atoms. The van der Waals surface area contributed by atoms with Gasteiger partial charge in [0.15, 0.2) is 5.78 Å². The Balaban J connectivity index is 1.67. The van der Waals surface area contributed by atoms with Crippen LogP contribution in [0.1, 0.15) is 113 Å². The fraction of sp³-hybridized carbons (Fsp3) is 0.900. The minimum atomic E-state index is -0.777. The van der Waals surface area contributed by atoms with Gasteiger partial charge in [-0.3, -0.25) is 4.79 Å². The molecule has 0 aromatic heterocycles. The van der Waals surface area contributed by atoms with Crippen molar-refractivity contribution in [2.24, 2.45) is 34.5 Å². The Morgan fingerprint density at radius 2 is 1.53 bits per heavy atom. The van der Waals surface area contributed by atoms with Crippen molar-refractivity contribution in [3.05, 3.63) is 11.6 Å². The largest absolute Gasteiger partial charge is 0.390 e. The molecule has 1 saturated heterocycles. The number of carbonyl (C=O) groups is 1. The van der Waals surface area contributed by atoms with Gasteiger partial charge in [-0.2, -0.15) is 0 Å². The van der Waals surface area contributed by atoms with Crippen LogP contribution in [0.4, 0.5) is 0 Å². The molecule has 3 aliphatic carbocycles. The number of rotatable bonds is 2. The van der Waals surface area contributed by atoms with Crippen molar-refractivity contribution in [2.75, 3.05) is 0 Å². The van der Waals surface area contributed by atoms with Gasteiger partial charge in [0.1, 0.15) is 5.60 Å². The van der Waals surface area contributed by atoms with Gasteiger partial charge in [-0.25, -0.2) is 0 Å². The molecule has 3 saturated carbocycles. The summed E-state index contributed by atoms with van der Waals surface area (Å²) in [4.78, 5) is 12.8. The second kappa shape index (κ2) is 8.42. The van der Waals surface area contributed by atoms with E-state index in [9.17, 15) is 15.0 Å². The summed E-state index contributed by atoms with van der Waals surface area (Å²) in [6.07, 6.45) is 10.2. The Hall–Kier alpha value is -0.710. The zero-order chi connectivity index (χ0) is 25.3. The first-order valence-corrected chi connectivity index (χ1v) is 13.9. The fourth-order valence-electron chi connectivity index (χ4n) is 8.81. The number of fused-ring (bicyclic) bond motifs is 2. The third-order valence-electron chi connectivity index (χ3n) is 11.1. The van der Waals surface area contributed by atoms with Crippen LogP contribution in [0.25, 0.3) is 0 Å². The van der Waals surface area contributed by atoms with Crippen molar-refractivity contribution < 1.29 is 19.7 Å². The van der Waals surface area contributed by atoms with Crippen molar-refractivity contribution in [1.82, 2.24) is 0 Å². The molecule has 1 aliphatic heterocycles. The number of hydrogen-bond acceptors (Lipinski definition) is 4. The zero-order valence-electron chi connectivity index (χ0n) is 23.0. The molecule has 4 aliphatic rings. The number of hydrogen-bond donors (Lipinski definition) is 2. The van der Waals surface area contributed by atoms with E-state index in [0.29, 0.717) is 30.6 Å². The van der Waals surface area contributed by atoms with Crippen LogP contribution in [0, 0.1) is 34.5 Å². The van der Waals surface area contributed by atoms with E-state index in [4.69, 9.17) is 4.74 Å². The molecule has 1 heterocycles. The lowest BCUT2D eigenvalue weighted by Crippen LogP contribution is -2.56. The van der Waals surface area contributed by atoms with Gasteiger partial charge in [-0.1, -0.05) is 39.3 Å². The van der Waals surface area contributed by atoms with Crippen LogP contribution >= 0.6 is 0 Å². The molecule has 4 nitrogen and oxygen atoms in total. The lowest BCUT2D eigenvalue weighted by Gasteiger charge is -2.54. The molecule has 0 amide bonds. The van der Waals surface area contributed by atoms with Crippen molar-refractivity contribution >= 4 is 5.78 Å². The number of ketones is 1. The third-order valence-corrected chi connectivity index (χ3v) is 11.1. The van der Waals surface area contributed by atoms with Crippen molar-refractivity contribution in [3.63, 3.8) is 0 Å². The molecule has 0 aromatic carbocycles. The number of carbonyl (C=O) groups excluding carboxylic acids is 1. The lowest BCUT2D eigenvalue weighted by molar-refractivity contribution is -0.193. The SMILES string of the molecule is C[C@H]1CC[C@@H]2[C@@H](CC[C@@]2(C)O)C(C)(C)/C1=C\C[C@@H]1[C@@]2(C)CCC(=O)C(C)(C)O[C@@H]2CC[C@]1(C)O. The summed E-state index contributed by atoms with van der Waals surface area (Å²) in [6.45, 7) is 17.3. The molecule has 0 bridgehead atoms. The lowest BCUT2D eigenvalue weighted by atomic mass is 9.56. The standard InChI is InChI=1S/C30H50O4/c1-19-9-10-22-21(13-17-29(22,7)32)26(2,3)20(19)11-12-23-28(6)16-14-24(31)27(4,5)34-25(28)15-18-30(23,8)33/h11,19,21-23,25,32-33H,9-10,12-18H2,1-8H3/b20-11-/t19-,21+,22+,23+,25+,28+,29+,30-/m0/s1. The van der Waals surface area contributed by atoms with E-state index < -0.39 is 16.8 Å². The highest BCUT2D eigenvalue weighted by atomic mass is 16.5. The highest BCUT2D eigenvalue weighted by molar-refractivity contribution is 5.86. The Morgan fingerprint density at radius 3 is 2.21 bits per heavy atom. The molecule has 194 valence electrons. The van der Waals surface area contributed by atoms with Crippen LogP contribution in [0.2, 0.25) is 0 Å². The smallest absolute Gasteiger partial charge is 0.164 e. The second-order valence-corrected chi connectivity index (χ2v) is 14.2. The fourth-order valence-corrected chi connectivity index (χ4v) is 8.81. The summed E-state index contributed by atoms with van der Waals surface area (Å²) in [6, 6.07) is 0. The van der Waals surface area contributed by atoms with Gasteiger partial charge in [0.2, 0.25) is 0 Å². The molecule has 4 heteroatoms. The topological polar surface area (TPSA) is 66.8 Å². The van der Waals surface area contributed by atoms with Gasteiger partial charge in [-0.05, 0) is 108 Å². The summed E-state index contributed by atoms with van der Waals surface area (Å²) >= 11 is 0. The second-order valence-electron chi connectivity index (χ2n) is 14.2. The number of aliphatic hydroxyl groups is 2. The molecule has 0 radical (unpaired) electrons. The maximum Gasteiger partial charge on any atom is 0.164 e. The van der Waals surface area contributed by atoms with Gasteiger partial charge < -0.3 is 14.9 Å². The Morgan fingerprint density at radius 1 is 0.882 bits per heavy atom. The quantitative estimate of drug-likeness (QED) is 0.466. The van der Waals surface area contributed by atoms with E-state index in [1.165, 1.54) is 5.57 Å². The Kier molecular flexibility index (Phi) is 6.52. The Labute approximate surface area is 207 Å². The van der Waals surface area contributed by atoms with Crippen LogP contribution in [-0.4, -0.2) is 38.9 Å². The average Bonchev–Trinajstić information content (AvgIpc) is 2.93. The Bertz CT molecular complexity index is 835. The molecule has 2 N–H and O–H groups in total. The molecule has 0 unspecified atom stereocenters. The van der Waals surface area contributed by atoms with Crippen molar-refractivity contribution in [2.45, 2.75) is 136 Å². The molecule has 8 atom stereocenters. The van der Waals surface area contributed by atoms with E-state index in [0.717, 1.165) is 44.9 Å². The van der Waals surface area contributed by atoms with Crippen LogP contribution < -0.4 is 0 Å². The summed E-state index contributed by atoms with van der Waals surface area (Å²) in [5.74, 6) is 1.55. The maximum atomic E-state index is 12.8. The normalized spacial score (nSPS) is 49.8. The van der Waals surface area contributed by atoms with E-state index in [1.807, 2.05) is 27.7 Å². The number of ether oxygens (including phenoxy) is 1. The zero-order valence-corrected chi connectivity index (χ0v) is 23.0. The highest BCUT2D eigenvalue weighted by Crippen LogP contribution is 2.59. The molecule has 34 heavy (non-hydrogen) atoms. The third kappa shape index (κ3) is 4.24. The average molecular weight is 475 g/mol. The summed E-state index contributed by atoms with van der Waals surface area (Å²) in [5.41, 5.74) is -0.784. The van der Waals surface area contributed by atoms with E-state index in [2.05, 4.69) is 33.8 Å². The summed E-state index contributed by atoms with van der Waals surface area (Å²) in [7, 11) is 0. The van der Waals surface area contributed by atoms with E-state index in [1.54, 1.807) is 0 Å². The van der Waals surface area contributed by atoms with Gasteiger partial charge >= 0.3 is 0 Å². The monoisotopic (exact) mass is 474 g/mol. The van der Waals surface area contributed by atoms with Gasteiger partial charge in [0.25, 0.3) is 0 Å². The van der Waals surface area contributed by atoms with Gasteiger partial charge in [-0.15, -0.1) is 0 Å². The predicted octanol–water partition coefficient (Wildman–Crippen LogP) is 6.23. The highest BCUT2D eigenvalue weighted by Gasteiger charge is 2.57. The van der Waals surface area contributed by atoms with Gasteiger partial charge in [0, 0.05) is 11.8 Å². The van der Waals surface area contributed by atoms with Crippen LogP contribution in [-0.2, 0) is 9.53 Å². The van der Waals surface area contributed by atoms with Gasteiger partial charge in [0.05, 0.1) is 17.3 Å². The van der Waals surface area contributed by atoms with E-state index >= 15 is 0 Å². The minimum absolute atomic E-state index is 0.00792. The number of Topliss-reactive ketones (excluding diaryl/α,β-unsaturated/α-hetero) is 1. The van der Waals surface area contributed by atoms with Crippen LogP contribution in [0.3, 0.4) is 0 Å². The van der Waals surface area contributed by atoms with Crippen LogP contribution in [0.5, 0.6) is 0 Å². The molecular formula is C30H50O4. The minimum Gasteiger partial charge on any atom is -0.390 e. The molecule has 4 rings (SSSR count).